The fourth-order valence-electron chi connectivity index (χ4n) is 2.12. The van der Waals surface area contributed by atoms with Crippen molar-refractivity contribution < 1.29 is 19.2 Å². The predicted octanol–water partition coefficient (Wildman–Crippen LogP) is 2.07. The molecule has 22 heavy (non-hydrogen) atoms. The van der Waals surface area contributed by atoms with E-state index in [0.717, 1.165) is 11.1 Å². The van der Waals surface area contributed by atoms with Gasteiger partial charge in [0.1, 0.15) is 0 Å². The number of hydrogen-bond donors (Lipinski definition) is 0. The lowest BCUT2D eigenvalue weighted by Gasteiger charge is -2.12. The molecule has 1 aromatic carbocycles. The molecule has 3 rings (SSSR count). The highest BCUT2D eigenvalue weighted by molar-refractivity contribution is 6.21. The van der Waals surface area contributed by atoms with Gasteiger partial charge in [-0.1, -0.05) is 17.2 Å². The molecule has 0 bridgehead atoms. The number of amides is 2. The largest absolute Gasteiger partial charge is 0.382 e. The van der Waals surface area contributed by atoms with Crippen LogP contribution in [0.25, 0.3) is 0 Å². The summed E-state index contributed by atoms with van der Waals surface area (Å²) in [5.74, 6) is -2.16. The highest BCUT2D eigenvalue weighted by Crippen LogP contribution is 2.23. The Morgan fingerprint density at radius 1 is 1.05 bits per heavy atom. The average Bonchev–Trinajstić information content (AvgIpc) is 2.75. The third kappa shape index (κ3) is 2.14. The molecule has 2 heterocycles. The van der Waals surface area contributed by atoms with Crippen LogP contribution in [0.5, 0.6) is 0 Å². The Bertz CT molecular complexity index is 779. The van der Waals surface area contributed by atoms with E-state index in [1.807, 2.05) is 13.8 Å². The van der Waals surface area contributed by atoms with Crippen molar-refractivity contribution in [3.8, 4) is 0 Å². The molecule has 6 nitrogen and oxygen atoms in total. The zero-order valence-electron chi connectivity index (χ0n) is 12.0. The van der Waals surface area contributed by atoms with Crippen molar-refractivity contribution in [1.82, 2.24) is 10.0 Å². The number of imide groups is 1. The van der Waals surface area contributed by atoms with Gasteiger partial charge in [-0.25, -0.2) is 9.78 Å². The molecule has 1 aromatic heterocycles. The number of nitrogens with zero attached hydrogens (tertiary/aromatic N) is 2. The van der Waals surface area contributed by atoms with E-state index in [9.17, 15) is 14.4 Å². The summed E-state index contributed by atoms with van der Waals surface area (Å²) in [7, 11) is 0. The SMILES string of the molecule is Cc1cnc(C(=O)ON2C(=O)c3ccccc3C2=O)cc1C. The number of hydrogen-bond acceptors (Lipinski definition) is 5. The lowest BCUT2D eigenvalue weighted by molar-refractivity contribution is -0.0588. The van der Waals surface area contributed by atoms with E-state index in [-0.39, 0.29) is 16.8 Å². The van der Waals surface area contributed by atoms with E-state index in [1.54, 1.807) is 18.2 Å². The first-order valence-electron chi connectivity index (χ1n) is 6.62. The minimum atomic E-state index is -0.849. The van der Waals surface area contributed by atoms with Gasteiger partial charge >= 0.3 is 5.97 Å². The Labute approximate surface area is 126 Å². The molecule has 2 amide bonds. The number of carbonyl (C=O) groups is 3. The van der Waals surface area contributed by atoms with E-state index in [4.69, 9.17) is 4.84 Å². The summed E-state index contributed by atoms with van der Waals surface area (Å²) in [5, 5.41) is 0.476. The fraction of sp³-hybridized carbons (Fsp3) is 0.125. The van der Waals surface area contributed by atoms with Crippen molar-refractivity contribution in [2.24, 2.45) is 0 Å². The number of hydroxylamine groups is 2. The van der Waals surface area contributed by atoms with Gasteiger partial charge in [0.15, 0.2) is 5.69 Å². The van der Waals surface area contributed by atoms with Crippen molar-refractivity contribution in [3.05, 3.63) is 64.5 Å². The quantitative estimate of drug-likeness (QED) is 0.793. The van der Waals surface area contributed by atoms with Gasteiger partial charge in [0.2, 0.25) is 0 Å². The first-order chi connectivity index (χ1) is 10.5. The Kier molecular flexibility index (Phi) is 3.21. The van der Waals surface area contributed by atoms with E-state index in [2.05, 4.69) is 4.98 Å². The number of aromatic nitrogens is 1. The Balaban J connectivity index is 1.85. The predicted molar refractivity (Wildman–Crippen MR) is 76.1 cm³/mol. The van der Waals surface area contributed by atoms with E-state index >= 15 is 0 Å². The average molecular weight is 296 g/mol. The van der Waals surface area contributed by atoms with Crippen molar-refractivity contribution >= 4 is 17.8 Å². The monoisotopic (exact) mass is 296 g/mol. The van der Waals surface area contributed by atoms with Gasteiger partial charge in [0.05, 0.1) is 11.1 Å². The molecule has 2 aromatic rings. The zero-order chi connectivity index (χ0) is 15.9. The number of rotatable bonds is 2. The van der Waals surface area contributed by atoms with Gasteiger partial charge in [-0.05, 0) is 43.2 Å². The molecule has 0 aliphatic carbocycles. The van der Waals surface area contributed by atoms with E-state index in [0.29, 0.717) is 5.06 Å². The maximum Gasteiger partial charge on any atom is 0.382 e. The molecule has 0 N–H and O–H groups in total. The molecule has 0 unspecified atom stereocenters. The third-order valence-corrected chi connectivity index (χ3v) is 3.51. The van der Waals surface area contributed by atoms with Crippen LogP contribution in [0.1, 0.15) is 42.3 Å². The number of aryl methyl sites for hydroxylation is 2. The fourth-order valence-corrected chi connectivity index (χ4v) is 2.12. The number of carbonyl (C=O) groups excluding carboxylic acids is 3. The summed E-state index contributed by atoms with van der Waals surface area (Å²) in [6.07, 6.45) is 1.54. The first-order valence-corrected chi connectivity index (χ1v) is 6.62. The van der Waals surface area contributed by atoms with Gasteiger partial charge in [-0.3, -0.25) is 9.59 Å². The lowest BCUT2D eigenvalue weighted by atomic mass is 10.1. The molecular weight excluding hydrogens is 284 g/mol. The molecular formula is C16H12N2O4. The van der Waals surface area contributed by atoms with Crippen LogP contribution in [0, 0.1) is 13.8 Å². The minimum Gasteiger partial charge on any atom is -0.323 e. The molecule has 110 valence electrons. The molecule has 0 saturated carbocycles. The highest BCUT2D eigenvalue weighted by Gasteiger charge is 2.38. The van der Waals surface area contributed by atoms with Gasteiger partial charge in [0, 0.05) is 6.20 Å². The van der Waals surface area contributed by atoms with Crippen LogP contribution in [-0.4, -0.2) is 27.8 Å². The van der Waals surface area contributed by atoms with Crippen LogP contribution in [0.15, 0.2) is 36.5 Å². The minimum absolute atomic E-state index is 0.0413. The molecule has 0 fully saturated rings. The maximum atomic E-state index is 12.1. The first kappa shape index (κ1) is 13.9. The summed E-state index contributed by atoms with van der Waals surface area (Å²) < 4.78 is 0. The van der Waals surface area contributed by atoms with Crippen LogP contribution in [0.4, 0.5) is 0 Å². The van der Waals surface area contributed by atoms with Crippen molar-refractivity contribution in [2.75, 3.05) is 0 Å². The highest BCUT2D eigenvalue weighted by atomic mass is 16.7. The second-order valence-corrected chi connectivity index (χ2v) is 4.98. The zero-order valence-corrected chi connectivity index (χ0v) is 12.0. The summed E-state index contributed by atoms with van der Waals surface area (Å²) in [6, 6.07) is 7.85. The van der Waals surface area contributed by atoms with Gasteiger partial charge in [0.25, 0.3) is 11.8 Å². The molecule has 0 spiro atoms. The third-order valence-electron chi connectivity index (χ3n) is 3.51. The van der Waals surface area contributed by atoms with E-state index < -0.39 is 17.8 Å². The topological polar surface area (TPSA) is 76.6 Å². The van der Waals surface area contributed by atoms with Crippen LogP contribution in [0.3, 0.4) is 0 Å². The van der Waals surface area contributed by atoms with Crippen LogP contribution < -0.4 is 0 Å². The van der Waals surface area contributed by atoms with Gasteiger partial charge in [-0.2, -0.15) is 0 Å². The maximum absolute atomic E-state index is 12.1. The molecule has 0 atom stereocenters. The second kappa shape index (κ2) is 5.07. The van der Waals surface area contributed by atoms with Gasteiger partial charge in [-0.15, -0.1) is 0 Å². The number of benzene rings is 1. The molecule has 0 radical (unpaired) electrons. The van der Waals surface area contributed by atoms with Crippen molar-refractivity contribution in [1.29, 1.82) is 0 Å². The van der Waals surface area contributed by atoms with Crippen LogP contribution in [0.2, 0.25) is 0 Å². The smallest absolute Gasteiger partial charge is 0.323 e. The second-order valence-electron chi connectivity index (χ2n) is 4.98. The van der Waals surface area contributed by atoms with Gasteiger partial charge < -0.3 is 4.84 Å². The summed E-state index contributed by atoms with van der Waals surface area (Å²) in [6.45, 7) is 3.69. The molecule has 1 aliphatic heterocycles. The Morgan fingerprint density at radius 3 is 2.18 bits per heavy atom. The van der Waals surface area contributed by atoms with Crippen LogP contribution >= 0.6 is 0 Å². The Hall–Kier alpha value is -3.02. The normalized spacial score (nSPS) is 13.3. The molecule has 6 heteroatoms. The Morgan fingerprint density at radius 2 is 1.64 bits per heavy atom. The summed E-state index contributed by atoms with van der Waals surface area (Å²) >= 11 is 0. The van der Waals surface area contributed by atoms with Crippen molar-refractivity contribution in [2.45, 2.75) is 13.8 Å². The summed E-state index contributed by atoms with van der Waals surface area (Å²) in [5.41, 5.74) is 2.27. The number of pyridine rings is 1. The lowest BCUT2D eigenvalue weighted by Crippen LogP contribution is -2.33. The van der Waals surface area contributed by atoms with Crippen LogP contribution in [-0.2, 0) is 4.84 Å². The van der Waals surface area contributed by atoms with E-state index in [1.165, 1.54) is 18.3 Å². The molecule has 1 aliphatic rings. The summed E-state index contributed by atoms with van der Waals surface area (Å²) in [4.78, 5) is 45.2. The standard InChI is InChI=1S/C16H12N2O4/c1-9-7-13(17-8-10(9)2)16(21)22-18-14(19)11-5-3-4-6-12(11)15(18)20/h3-8H,1-2H3. The van der Waals surface area contributed by atoms with Crippen molar-refractivity contribution in [3.63, 3.8) is 0 Å². The molecule has 0 saturated heterocycles. The number of fused-ring (bicyclic) bond motifs is 1.